The lowest BCUT2D eigenvalue weighted by atomic mass is 9.84. The van der Waals surface area contributed by atoms with Crippen molar-refractivity contribution in [2.75, 3.05) is 19.7 Å². The van der Waals surface area contributed by atoms with Crippen molar-refractivity contribution < 1.29 is 19.4 Å². The number of carbonyl (C=O) groups is 2. The summed E-state index contributed by atoms with van der Waals surface area (Å²) in [5.41, 5.74) is 6.56. The molecule has 29 heavy (non-hydrogen) atoms. The number of nitrogens with zero attached hydrogens (tertiary/aromatic N) is 2. The lowest BCUT2D eigenvalue weighted by Crippen LogP contribution is -2.39. The number of hydrogen-bond acceptors (Lipinski definition) is 3. The highest BCUT2D eigenvalue weighted by atomic mass is 16.5. The number of piperidine rings is 1. The van der Waals surface area contributed by atoms with Crippen LogP contribution in [0.1, 0.15) is 45.6 Å². The molecule has 3 N–H and O–H groups in total. The summed E-state index contributed by atoms with van der Waals surface area (Å²) in [6.45, 7) is 8.13. The third-order valence-corrected chi connectivity index (χ3v) is 5.55. The number of carboxylic acid groups (broad SMARTS) is 1. The molecule has 0 aliphatic carbocycles. The zero-order chi connectivity index (χ0) is 21.4. The number of carboxylic acids is 1. The first-order valence-corrected chi connectivity index (χ1v) is 10.3. The maximum atomic E-state index is 12.2. The van der Waals surface area contributed by atoms with E-state index in [1.807, 2.05) is 26.0 Å². The van der Waals surface area contributed by atoms with E-state index in [2.05, 4.69) is 11.9 Å². The van der Waals surface area contributed by atoms with Crippen LogP contribution in [-0.4, -0.2) is 47.5 Å². The van der Waals surface area contributed by atoms with Crippen LogP contribution in [0.5, 0.6) is 5.75 Å². The number of amidine groups is 1. The van der Waals surface area contributed by atoms with Crippen molar-refractivity contribution in [3.05, 3.63) is 29.8 Å². The number of rotatable bonds is 8. The number of benzene rings is 1. The van der Waals surface area contributed by atoms with E-state index in [9.17, 15) is 9.59 Å². The van der Waals surface area contributed by atoms with Crippen molar-refractivity contribution >= 4 is 17.8 Å². The standard InChI is InChI=1S/C22H33N3O4/c1-15(2)21(23)24-22(28)25-11-8-18(9-12-25)16(3)10-13-29-19-6-4-17(5-7-19)14-20(26)27/h4-7,15-16,18H,8-14H2,1-3H3,(H,26,27)(H2,23,24,28)/t16-/m1/s1. The van der Waals surface area contributed by atoms with Gasteiger partial charge in [0.1, 0.15) is 11.6 Å². The summed E-state index contributed by atoms with van der Waals surface area (Å²) in [6, 6.07) is 6.98. The van der Waals surface area contributed by atoms with Gasteiger partial charge in [-0.05, 0) is 48.8 Å². The summed E-state index contributed by atoms with van der Waals surface area (Å²) in [7, 11) is 0. The van der Waals surface area contributed by atoms with E-state index in [-0.39, 0.29) is 18.4 Å². The van der Waals surface area contributed by atoms with E-state index in [0.717, 1.165) is 30.6 Å². The predicted octanol–water partition coefficient (Wildman–Crippen LogP) is 3.56. The van der Waals surface area contributed by atoms with Crippen molar-refractivity contribution in [2.24, 2.45) is 28.5 Å². The average Bonchev–Trinajstić information content (AvgIpc) is 2.68. The van der Waals surface area contributed by atoms with E-state index < -0.39 is 5.97 Å². The first kappa shape index (κ1) is 22.7. The zero-order valence-corrected chi connectivity index (χ0v) is 17.6. The maximum absolute atomic E-state index is 12.2. The summed E-state index contributed by atoms with van der Waals surface area (Å²) in [5, 5.41) is 8.80. The molecular weight excluding hydrogens is 370 g/mol. The molecule has 0 unspecified atom stereocenters. The molecule has 0 bridgehead atoms. The third-order valence-electron chi connectivity index (χ3n) is 5.55. The topological polar surface area (TPSA) is 105 Å². The van der Waals surface area contributed by atoms with E-state index in [4.69, 9.17) is 15.6 Å². The van der Waals surface area contributed by atoms with Crippen LogP contribution >= 0.6 is 0 Å². The Morgan fingerprint density at radius 1 is 1.21 bits per heavy atom. The van der Waals surface area contributed by atoms with E-state index in [1.165, 1.54) is 0 Å². The lowest BCUT2D eigenvalue weighted by molar-refractivity contribution is -0.136. The monoisotopic (exact) mass is 403 g/mol. The molecule has 1 aliphatic rings. The normalized spacial score (nSPS) is 16.7. The van der Waals surface area contributed by atoms with Gasteiger partial charge in [-0.1, -0.05) is 32.9 Å². The number of hydrogen-bond donors (Lipinski definition) is 2. The fraction of sp³-hybridized carbons (Fsp3) is 0.591. The number of aliphatic carboxylic acids is 1. The largest absolute Gasteiger partial charge is 0.494 e. The van der Waals surface area contributed by atoms with Crippen molar-refractivity contribution in [3.63, 3.8) is 0 Å². The lowest BCUT2D eigenvalue weighted by Gasteiger charge is -2.34. The highest BCUT2D eigenvalue weighted by Gasteiger charge is 2.26. The zero-order valence-electron chi connectivity index (χ0n) is 17.6. The SMILES string of the molecule is CC(C)C(N)=NC(=O)N1CCC([C@H](C)CCOc2ccc(CC(=O)O)cc2)CC1. The molecule has 0 spiro atoms. The first-order valence-electron chi connectivity index (χ1n) is 10.3. The molecule has 2 rings (SSSR count). The molecular formula is C22H33N3O4. The average molecular weight is 404 g/mol. The molecule has 1 fully saturated rings. The van der Waals surface area contributed by atoms with Gasteiger partial charge in [0.05, 0.1) is 13.0 Å². The quantitative estimate of drug-likeness (QED) is 0.510. The van der Waals surface area contributed by atoms with Gasteiger partial charge in [0.2, 0.25) is 0 Å². The summed E-state index contributed by atoms with van der Waals surface area (Å²) < 4.78 is 5.81. The second-order valence-electron chi connectivity index (χ2n) is 8.13. The van der Waals surface area contributed by atoms with E-state index in [0.29, 0.717) is 37.4 Å². The number of amides is 2. The number of nitrogens with two attached hydrogens (primary N) is 1. The summed E-state index contributed by atoms with van der Waals surface area (Å²) in [5.74, 6) is 1.45. The first-order chi connectivity index (χ1) is 13.8. The molecule has 1 saturated heterocycles. The van der Waals surface area contributed by atoms with Gasteiger partial charge in [0, 0.05) is 19.0 Å². The number of aliphatic imine (C=N–C) groups is 1. The van der Waals surface area contributed by atoms with Crippen LogP contribution in [0.4, 0.5) is 4.79 Å². The number of carbonyl (C=O) groups excluding carboxylic acids is 1. The minimum Gasteiger partial charge on any atom is -0.494 e. The van der Waals surface area contributed by atoms with Gasteiger partial charge in [-0.2, -0.15) is 4.99 Å². The molecule has 2 amide bonds. The third kappa shape index (κ3) is 7.40. The molecule has 7 heteroatoms. The van der Waals surface area contributed by atoms with Crippen LogP contribution < -0.4 is 10.5 Å². The van der Waals surface area contributed by atoms with Crippen molar-refractivity contribution in [1.82, 2.24) is 4.90 Å². The Hall–Kier alpha value is -2.57. The predicted molar refractivity (Wildman–Crippen MR) is 113 cm³/mol. The highest BCUT2D eigenvalue weighted by Crippen LogP contribution is 2.27. The van der Waals surface area contributed by atoms with Crippen molar-refractivity contribution in [2.45, 2.75) is 46.5 Å². The summed E-state index contributed by atoms with van der Waals surface area (Å²) in [6.07, 6.45) is 2.89. The van der Waals surface area contributed by atoms with Gasteiger partial charge in [0.25, 0.3) is 0 Å². The van der Waals surface area contributed by atoms with Crippen LogP contribution in [0.2, 0.25) is 0 Å². The number of ether oxygens (including phenoxy) is 1. The minimum absolute atomic E-state index is 0.0217. The van der Waals surface area contributed by atoms with Crippen LogP contribution in [0.25, 0.3) is 0 Å². The fourth-order valence-corrected chi connectivity index (χ4v) is 3.45. The molecule has 160 valence electrons. The van der Waals surface area contributed by atoms with Gasteiger partial charge < -0.3 is 20.5 Å². The highest BCUT2D eigenvalue weighted by molar-refractivity contribution is 5.93. The Balaban J connectivity index is 1.71. The summed E-state index contributed by atoms with van der Waals surface area (Å²) >= 11 is 0. The Bertz CT molecular complexity index is 707. The Kier molecular flexibility index (Phi) is 8.49. The van der Waals surface area contributed by atoms with E-state index in [1.54, 1.807) is 17.0 Å². The number of likely N-dealkylation sites (tertiary alicyclic amines) is 1. The molecule has 1 heterocycles. The van der Waals surface area contributed by atoms with E-state index >= 15 is 0 Å². The molecule has 1 aromatic rings. The Labute approximate surface area is 172 Å². The molecule has 1 atom stereocenters. The maximum Gasteiger partial charge on any atom is 0.345 e. The smallest absolute Gasteiger partial charge is 0.345 e. The number of urea groups is 1. The van der Waals surface area contributed by atoms with Crippen LogP contribution in [-0.2, 0) is 11.2 Å². The molecule has 1 aliphatic heterocycles. The van der Waals surface area contributed by atoms with Gasteiger partial charge in [0.15, 0.2) is 0 Å². The van der Waals surface area contributed by atoms with Crippen molar-refractivity contribution in [3.8, 4) is 5.75 Å². The van der Waals surface area contributed by atoms with Gasteiger partial charge in [-0.25, -0.2) is 4.79 Å². The molecule has 0 saturated carbocycles. The molecule has 0 radical (unpaired) electrons. The van der Waals surface area contributed by atoms with Crippen LogP contribution in [0.3, 0.4) is 0 Å². The second kappa shape index (κ2) is 10.8. The molecule has 7 nitrogen and oxygen atoms in total. The Morgan fingerprint density at radius 2 is 1.83 bits per heavy atom. The van der Waals surface area contributed by atoms with Gasteiger partial charge in [-0.3, -0.25) is 4.79 Å². The molecule has 1 aromatic carbocycles. The minimum atomic E-state index is -0.838. The van der Waals surface area contributed by atoms with Gasteiger partial charge >= 0.3 is 12.0 Å². The van der Waals surface area contributed by atoms with Gasteiger partial charge in [-0.15, -0.1) is 0 Å². The second-order valence-corrected chi connectivity index (χ2v) is 8.13. The van der Waals surface area contributed by atoms with Crippen LogP contribution in [0, 0.1) is 17.8 Å². The molecule has 0 aromatic heterocycles. The fourth-order valence-electron chi connectivity index (χ4n) is 3.45. The van der Waals surface area contributed by atoms with Crippen LogP contribution in [0.15, 0.2) is 29.3 Å². The summed E-state index contributed by atoms with van der Waals surface area (Å²) in [4.78, 5) is 28.7. The van der Waals surface area contributed by atoms with Crippen molar-refractivity contribution in [1.29, 1.82) is 0 Å². The Morgan fingerprint density at radius 3 is 2.38 bits per heavy atom.